The highest BCUT2D eigenvalue weighted by atomic mass is 32.1. The lowest BCUT2D eigenvalue weighted by Gasteiger charge is -2.15. The summed E-state index contributed by atoms with van der Waals surface area (Å²) in [6, 6.07) is 14.3. The molecule has 25 heavy (non-hydrogen) atoms. The third-order valence-electron chi connectivity index (χ3n) is 4.01. The Bertz CT molecular complexity index is 792. The second kappa shape index (κ2) is 8.48. The molecule has 2 heterocycles. The van der Waals surface area contributed by atoms with Gasteiger partial charge in [-0.3, -0.25) is 4.99 Å². The molecule has 0 fully saturated rings. The molecule has 1 aromatic carbocycles. The van der Waals surface area contributed by atoms with Crippen molar-refractivity contribution in [2.75, 3.05) is 13.6 Å². The van der Waals surface area contributed by atoms with Gasteiger partial charge in [0.15, 0.2) is 5.96 Å². The molecule has 0 bridgehead atoms. The SMILES string of the molecule is CN=C(NCc1ccn(-c2ccccc2)n1)NCC(C)c1ccsc1. The van der Waals surface area contributed by atoms with Gasteiger partial charge in [-0.25, -0.2) is 4.68 Å². The molecule has 0 aliphatic rings. The predicted octanol–water partition coefficient (Wildman–Crippen LogP) is 3.40. The number of hydrogen-bond donors (Lipinski definition) is 2. The van der Waals surface area contributed by atoms with Crippen LogP contribution in [-0.4, -0.2) is 29.3 Å². The van der Waals surface area contributed by atoms with Gasteiger partial charge in [-0.2, -0.15) is 16.4 Å². The van der Waals surface area contributed by atoms with E-state index in [0.29, 0.717) is 12.5 Å². The Morgan fingerprint density at radius 3 is 2.76 bits per heavy atom. The van der Waals surface area contributed by atoms with E-state index in [9.17, 15) is 0 Å². The molecule has 2 N–H and O–H groups in total. The number of hydrogen-bond acceptors (Lipinski definition) is 3. The summed E-state index contributed by atoms with van der Waals surface area (Å²) >= 11 is 1.73. The van der Waals surface area contributed by atoms with Crippen LogP contribution in [0.2, 0.25) is 0 Å². The fraction of sp³-hybridized carbons (Fsp3) is 0.263. The quantitative estimate of drug-likeness (QED) is 0.527. The molecule has 2 aromatic heterocycles. The van der Waals surface area contributed by atoms with Gasteiger partial charge in [-0.15, -0.1) is 0 Å². The topological polar surface area (TPSA) is 54.2 Å². The standard InChI is InChI=1S/C19H23N5S/c1-15(16-9-11-25-14-16)12-21-19(20-2)22-13-17-8-10-24(23-17)18-6-4-3-5-7-18/h3-11,14-15H,12-13H2,1-2H3,(H2,20,21,22). The van der Waals surface area contributed by atoms with Gasteiger partial charge in [0.25, 0.3) is 0 Å². The van der Waals surface area contributed by atoms with Crippen LogP contribution in [0.15, 0.2) is 64.4 Å². The molecular formula is C19H23N5S. The summed E-state index contributed by atoms with van der Waals surface area (Å²) in [4.78, 5) is 4.28. The first kappa shape index (κ1) is 17.2. The van der Waals surface area contributed by atoms with Crippen LogP contribution >= 0.6 is 11.3 Å². The lowest BCUT2D eigenvalue weighted by Crippen LogP contribution is -2.38. The molecule has 5 nitrogen and oxygen atoms in total. The fourth-order valence-electron chi connectivity index (χ4n) is 2.50. The van der Waals surface area contributed by atoms with Crippen LogP contribution in [0.25, 0.3) is 5.69 Å². The van der Waals surface area contributed by atoms with Crippen molar-refractivity contribution in [2.45, 2.75) is 19.4 Å². The Kier molecular flexibility index (Phi) is 5.85. The Morgan fingerprint density at radius 2 is 2.04 bits per heavy atom. The van der Waals surface area contributed by atoms with Crippen molar-refractivity contribution in [3.63, 3.8) is 0 Å². The van der Waals surface area contributed by atoms with Crippen molar-refractivity contribution in [3.8, 4) is 5.69 Å². The monoisotopic (exact) mass is 353 g/mol. The molecular weight excluding hydrogens is 330 g/mol. The fourth-order valence-corrected chi connectivity index (χ4v) is 3.28. The number of thiophene rings is 1. The van der Waals surface area contributed by atoms with Gasteiger partial charge in [0.2, 0.25) is 0 Å². The van der Waals surface area contributed by atoms with Gasteiger partial charge in [0, 0.05) is 19.8 Å². The van der Waals surface area contributed by atoms with Crippen molar-refractivity contribution in [2.24, 2.45) is 4.99 Å². The van der Waals surface area contributed by atoms with Gasteiger partial charge in [-0.1, -0.05) is 25.1 Å². The zero-order valence-electron chi connectivity index (χ0n) is 14.5. The van der Waals surface area contributed by atoms with E-state index >= 15 is 0 Å². The van der Waals surface area contributed by atoms with E-state index in [2.05, 4.69) is 44.5 Å². The number of aliphatic imine (C=N–C) groups is 1. The van der Waals surface area contributed by atoms with E-state index in [4.69, 9.17) is 0 Å². The second-order valence-corrected chi connectivity index (χ2v) is 6.63. The molecule has 3 aromatic rings. The third kappa shape index (κ3) is 4.70. The smallest absolute Gasteiger partial charge is 0.191 e. The number of guanidine groups is 1. The molecule has 1 unspecified atom stereocenters. The maximum Gasteiger partial charge on any atom is 0.191 e. The summed E-state index contributed by atoms with van der Waals surface area (Å²) in [7, 11) is 1.78. The maximum absolute atomic E-state index is 4.60. The molecule has 130 valence electrons. The third-order valence-corrected chi connectivity index (χ3v) is 4.71. The first-order valence-corrected chi connectivity index (χ1v) is 9.27. The lowest BCUT2D eigenvalue weighted by atomic mass is 10.1. The van der Waals surface area contributed by atoms with Crippen molar-refractivity contribution in [3.05, 3.63) is 70.7 Å². The van der Waals surface area contributed by atoms with E-state index < -0.39 is 0 Å². The van der Waals surface area contributed by atoms with E-state index in [0.717, 1.165) is 23.9 Å². The van der Waals surface area contributed by atoms with Crippen LogP contribution in [0, 0.1) is 0 Å². The zero-order valence-corrected chi connectivity index (χ0v) is 15.3. The number of nitrogens with one attached hydrogen (secondary N) is 2. The van der Waals surface area contributed by atoms with Crippen LogP contribution in [0.4, 0.5) is 0 Å². The van der Waals surface area contributed by atoms with Gasteiger partial charge in [0.05, 0.1) is 17.9 Å². The van der Waals surface area contributed by atoms with E-state index in [1.54, 1.807) is 18.4 Å². The molecule has 0 spiro atoms. The van der Waals surface area contributed by atoms with Crippen LogP contribution < -0.4 is 10.6 Å². The number of aromatic nitrogens is 2. The number of para-hydroxylation sites is 1. The number of benzene rings is 1. The minimum Gasteiger partial charge on any atom is -0.356 e. The number of rotatable bonds is 6. The minimum absolute atomic E-state index is 0.446. The Hall–Kier alpha value is -2.60. The Balaban J connectivity index is 1.51. The largest absolute Gasteiger partial charge is 0.356 e. The summed E-state index contributed by atoms with van der Waals surface area (Å²) in [6.07, 6.45) is 1.97. The average molecular weight is 353 g/mol. The van der Waals surface area contributed by atoms with Gasteiger partial charge in [0.1, 0.15) is 0 Å². The van der Waals surface area contributed by atoms with Crippen LogP contribution in [0.3, 0.4) is 0 Å². The Labute approximate surface area is 152 Å². The highest BCUT2D eigenvalue weighted by Gasteiger charge is 2.07. The van der Waals surface area contributed by atoms with Crippen LogP contribution in [0.5, 0.6) is 0 Å². The molecule has 0 aliphatic heterocycles. The zero-order chi connectivity index (χ0) is 17.5. The van der Waals surface area contributed by atoms with E-state index in [1.165, 1.54) is 5.56 Å². The molecule has 0 saturated carbocycles. The van der Waals surface area contributed by atoms with Gasteiger partial charge < -0.3 is 10.6 Å². The van der Waals surface area contributed by atoms with Crippen LogP contribution in [-0.2, 0) is 6.54 Å². The molecule has 1 atom stereocenters. The molecule has 6 heteroatoms. The van der Waals surface area contributed by atoms with Crippen LogP contribution in [0.1, 0.15) is 24.1 Å². The molecule has 3 rings (SSSR count). The average Bonchev–Trinajstić information content (AvgIpc) is 3.34. The number of nitrogens with zero attached hydrogens (tertiary/aromatic N) is 3. The van der Waals surface area contributed by atoms with Crippen molar-refractivity contribution in [1.82, 2.24) is 20.4 Å². The van der Waals surface area contributed by atoms with Crippen molar-refractivity contribution < 1.29 is 0 Å². The summed E-state index contributed by atoms with van der Waals surface area (Å²) in [6.45, 7) is 3.69. The normalized spacial score (nSPS) is 12.8. The molecule has 0 saturated heterocycles. The van der Waals surface area contributed by atoms with E-state index in [1.807, 2.05) is 47.3 Å². The first-order chi connectivity index (χ1) is 12.3. The molecule has 0 radical (unpaired) electrons. The minimum atomic E-state index is 0.446. The summed E-state index contributed by atoms with van der Waals surface area (Å²) < 4.78 is 1.88. The van der Waals surface area contributed by atoms with Crippen molar-refractivity contribution >= 4 is 17.3 Å². The highest BCUT2D eigenvalue weighted by Crippen LogP contribution is 2.17. The van der Waals surface area contributed by atoms with Gasteiger partial charge >= 0.3 is 0 Å². The molecule has 0 aliphatic carbocycles. The molecule has 0 amide bonds. The first-order valence-electron chi connectivity index (χ1n) is 8.33. The lowest BCUT2D eigenvalue weighted by molar-refractivity contribution is 0.696. The van der Waals surface area contributed by atoms with E-state index in [-0.39, 0.29) is 0 Å². The Morgan fingerprint density at radius 1 is 1.20 bits per heavy atom. The highest BCUT2D eigenvalue weighted by molar-refractivity contribution is 7.07. The second-order valence-electron chi connectivity index (χ2n) is 5.85. The van der Waals surface area contributed by atoms with Gasteiger partial charge in [-0.05, 0) is 46.5 Å². The summed E-state index contributed by atoms with van der Waals surface area (Å²) in [5.74, 6) is 1.23. The summed E-state index contributed by atoms with van der Waals surface area (Å²) in [5, 5.41) is 15.6. The predicted molar refractivity (Wildman–Crippen MR) is 104 cm³/mol. The van der Waals surface area contributed by atoms with Crippen molar-refractivity contribution in [1.29, 1.82) is 0 Å². The maximum atomic E-state index is 4.60. The summed E-state index contributed by atoms with van der Waals surface area (Å²) in [5.41, 5.74) is 3.38.